The highest BCUT2D eigenvalue weighted by atomic mass is 16.5. The van der Waals surface area contributed by atoms with Gasteiger partial charge in [-0.2, -0.15) is 0 Å². The van der Waals surface area contributed by atoms with Crippen LogP contribution in [0, 0.1) is 5.92 Å². The average Bonchev–Trinajstić information content (AvgIpc) is 3.16. The Bertz CT molecular complexity index is 531. The van der Waals surface area contributed by atoms with Crippen molar-refractivity contribution in [2.45, 2.75) is 50.9 Å². The minimum atomic E-state index is -0.409. The third-order valence-electron chi connectivity index (χ3n) is 5.34. The molecule has 2 atom stereocenters. The summed E-state index contributed by atoms with van der Waals surface area (Å²) in [4.78, 5) is 14.5. The Balaban J connectivity index is 1.38. The highest BCUT2D eigenvalue weighted by molar-refractivity contribution is 5.76. The number of rotatable bonds is 7. The van der Waals surface area contributed by atoms with E-state index in [9.17, 15) is 9.90 Å². The van der Waals surface area contributed by atoms with Crippen LogP contribution in [0.2, 0.25) is 0 Å². The molecule has 1 aromatic rings. The Morgan fingerprint density at radius 3 is 2.80 bits per heavy atom. The number of hydrogen-bond donors (Lipinski definition) is 2. The standard InChI is InChI=1S/C20H30N2O3/c23-19(17-8-4-5-9-17)13-21-20(24)12-18-15-22(10-11-25-18)14-16-6-2-1-3-7-16/h1-3,6-7,17-19,23H,4-5,8-15H2,(H,21,24). The fourth-order valence-electron chi connectivity index (χ4n) is 3.90. The molecule has 0 radical (unpaired) electrons. The van der Waals surface area contributed by atoms with Gasteiger partial charge in [-0.1, -0.05) is 43.2 Å². The maximum absolute atomic E-state index is 12.2. The molecule has 2 fully saturated rings. The lowest BCUT2D eigenvalue weighted by Gasteiger charge is -2.32. The number of carbonyl (C=O) groups is 1. The highest BCUT2D eigenvalue weighted by Crippen LogP contribution is 2.27. The smallest absolute Gasteiger partial charge is 0.222 e. The van der Waals surface area contributed by atoms with Crippen molar-refractivity contribution in [1.29, 1.82) is 0 Å². The Labute approximate surface area is 150 Å². The summed E-state index contributed by atoms with van der Waals surface area (Å²) in [6.45, 7) is 3.59. The molecule has 1 aliphatic heterocycles. The molecule has 2 N–H and O–H groups in total. The first kappa shape index (κ1) is 18.4. The number of hydrogen-bond acceptors (Lipinski definition) is 4. The second kappa shape index (κ2) is 9.32. The summed E-state index contributed by atoms with van der Waals surface area (Å²) in [5.41, 5.74) is 1.28. The molecule has 138 valence electrons. The van der Waals surface area contributed by atoms with Crippen LogP contribution < -0.4 is 5.32 Å². The SMILES string of the molecule is O=C(CC1CN(Cc2ccccc2)CCO1)NCC(O)C1CCCC1. The summed E-state index contributed by atoms with van der Waals surface area (Å²) in [5.74, 6) is 0.330. The molecular weight excluding hydrogens is 316 g/mol. The van der Waals surface area contributed by atoms with Crippen molar-refractivity contribution in [1.82, 2.24) is 10.2 Å². The number of nitrogens with zero attached hydrogens (tertiary/aromatic N) is 1. The molecular formula is C20H30N2O3. The van der Waals surface area contributed by atoms with Crippen LogP contribution in [0.4, 0.5) is 0 Å². The van der Waals surface area contributed by atoms with Gasteiger partial charge in [-0.3, -0.25) is 9.69 Å². The zero-order valence-electron chi connectivity index (χ0n) is 14.9. The number of aliphatic hydroxyl groups excluding tert-OH is 1. The molecule has 1 saturated heterocycles. The van der Waals surface area contributed by atoms with Gasteiger partial charge >= 0.3 is 0 Å². The minimum absolute atomic E-state index is 0.0244. The lowest BCUT2D eigenvalue weighted by atomic mass is 10.0. The lowest BCUT2D eigenvalue weighted by molar-refractivity contribution is -0.126. The van der Waals surface area contributed by atoms with Crippen molar-refractivity contribution < 1.29 is 14.6 Å². The van der Waals surface area contributed by atoms with E-state index >= 15 is 0 Å². The number of nitrogens with one attached hydrogen (secondary N) is 1. The van der Waals surface area contributed by atoms with E-state index in [1.165, 1.54) is 18.4 Å². The van der Waals surface area contributed by atoms with Gasteiger partial charge in [0.2, 0.25) is 5.91 Å². The number of carbonyl (C=O) groups excluding carboxylic acids is 1. The van der Waals surface area contributed by atoms with E-state index in [1.54, 1.807) is 0 Å². The van der Waals surface area contributed by atoms with Crippen LogP contribution in [0.5, 0.6) is 0 Å². The van der Waals surface area contributed by atoms with E-state index in [0.717, 1.165) is 32.5 Å². The second-order valence-electron chi connectivity index (χ2n) is 7.33. The van der Waals surface area contributed by atoms with E-state index in [2.05, 4.69) is 34.5 Å². The first-order valence-electron chi connectivity index (χ1n) is 9.53. The third kappa shape index (κ3) is 5.80. The molecule has 5 nitrogen and oxygen atoms in total. The predicted octanol–water partition coefficient (Wildman–Crippen LogP) is 1.94. The van der Waals surface area contributed by atoms with Crippen LogP contribution in [0.15, 0.2) is 30.3 Å². The molecule has 25 heavy (non-hydrogen) atoms. The van der Waals surface area contributed by atoms with Gasteiger partial charge < -0.3 is 15.2 Å². The zero-order valence-corrected chi connectivity index (χ0v) is 14.9. The molecule has 1 amide bonds. The van der Waals surface area contributed by atoms with Gasteiger partial charge in [0.1, 0.15) is 0 Å². The Kier molecular flexibility index (Phi) is 6.84. The fourth-order valence-corrected chi connectivity index (χ4v) is 3.90. The topological polar surface area (TPSA) is 61.8 Å². The second-order valence-corrected chi connectivity index (χ2v) is 7.33. The maximum atomic E-state index is 12.2. The molecule has 1 aromatic carbocycles. The van der Waals surface area contributed by atoms with E-state index in [-0.39, 0.29) is 12.0 Å². The molecule has 1 heterocycles. The van der Waals surface area contributed by atoms with Crippen LogP contribution in [0.1, 0.15) is 37.7 Å². The largest absolute Gasteiger partial charge is 0.391 e. The van der Waals surface area contributed by atoms with E-state index in [0.29, 0.717) is 25.5 Å². The number of morpholine rings is 1. The summed E-state index contributed by atoms with van der Waals surface area (Å²) < 4.78 is 5.76. The summed E-state index contributed by atoms with van der Waals surface area (Å²) in [6.07, 6.45) is 4.44. The number of aliphatic hydroxyl groups is 1. The Hall–Kier alpha value is -1.43. The predicted molar refractivity (Wildman–Crippen MR) is 97.1 cm³/mol. The molecule has 0 spiro atoms. The summed E-state index contributed by atoms with van der Waals surface area (Å²) in [6, 6.07) is 10.4. The Morgan fingerprint density at radius 1 is 1.28 bits per heavy atom. The van der Waals surface area contributed by atoms with Gasteiger partial charge in [0.05, 0.1) is 25.2 Å². The Morgan fingerprint density at radius 2 is 2.04 bits per heavy atom. The van der Waals surface area contributed by atoms with Crippen LogP contribution in [-0.2, 0) is 16.1 Å². The normalized spacial score (nSPS) is 23.5. The minimum Gasteiger partial charge on any atom is -0.391 e. The number of benzene rings is 1. The van der Waals surface area contributed by atoms with Crippen LogP contribution >= 0.6 is 0 Å². The third-order valence-corrected chi connectivity index (χ3v) is 5.34. The zero-order chi connectivity index (χ0) is 17.5. The maximum Gasteiger partial charge on any atom is 0.222 e. The molecule has 1 saturated carbocycles. The van der Waals surface area contributed by atoms with Crippen molar-refractivity contribution >= 4 is 5.91 Å². The monoisotopic (exact) mass is 346 g/mol. The van der Waals surface area contributed by atoms with Crippen molar-refractivity contribution in [3.63, 3.8) is 0 Å². The fraction of sp³-hybridized carbons (Fsp3) is 0.650. The number of amides is 1. The van der Waals surface area contributed by atoms with Crippen LogP contribution in [-0.4, -0.2) is 54.4 Å². The first-order chi connectivity index (χ1) is 12.2. The van der Waals surface area contributed by atoms with Crippen molar-refractivity contribution in [3.8, 4) is 0 Å². The molecule has 3 rings (SSSR count). The molecule has 5 heteroatoms. The molecule has 0 aromatic heterocycles. The summed E-state index contributed by atoms with van der Waals surface area (Å²) in [5, 5.41) is 13.0. The molecule has 0 bridgehead atoms. The van der Waals surface area contributed by atoms with E-state index in [1.807, 2.05) is 6.07 Å². The van der Waals surface area contributed by atoms with Gasteiger partial charge in [-0.25, -0.2) is 0 Å². The summed E-state index contributed by atoms with van der Waals surface area (Å²) in [7, 11) is 0. The van der Waals surface area contributed by atoms with Crippen LogP contribution in [0.25, 0.3) is 0 Å². The number of ether oxygens (including phenoxy) is 1. The summed E-state index contributed by atoms with van der Waals surface area (Å²) >= 11 is 0. The quantitative estimate of drug-likeness (QED) is 0.792. The van der Waals surface area contributed by atoms with Gasteiger partial charge in [0, 0.05) is 26.2 Å². The molecule has 2 unspecified atom stereocenters. The highest BCUT2D eigenvalue weighted by Gasteiger charge is 2.25. The van der Waals surface area contributed by atoms with Crippen LogP contribution in [0.3, 0.4) is 0 Å². The van der Waals surface area contributed by atoms with E-state index in [4.69, 9.17) is 4.74 Å². The van der Waals surface area contributed by atoms with Gasteiger partial charge in [0.25, 0.3) is 0 Å². The van der Waals surface area contributed by atoms with Gasteiger partial charge in [0.15, 0.2) is 0 Å². The van der Waals surface area contributed by atoms with Crippen molar-refractivity contribution in [2.24, 2.45) is 5.92 Å². The lowest BCUT2D eigenvalue weighted by Crippen LogP contribution is -2.45. The van der Waals surface area contributed by atoms with Crippen molar-refractivity contribution in [2.75, 3.05) is 26.2 Å². The van der Waals surface area contributed by atoms with Gasteiger partial charge in [-0.05, 0) is 24.3 Å². The molecule has 1 aliphatic carbocycles. The molecule has 2 aliphatic rings. The van der Waals surface area contributed by atoms with Crippen molar-refractivity contribution in [3.05, 3.63) is 35.9 Å². The average molecular weight is 346 g/mol. The van der Waals surface area contributed by atoms with Gasteiger partial charge in [-0.15, -0.1) is 0 Å². The first-order valence-corrected chi connectivity index (χ1v) is 9.53. The van der Waals surface area contributed by atoms with E-state index < -0.39 is 6.10 Å².